The summed E-state index contributed by atoms with van der Waals surface area (Å²) in [5.41, 5.74) is 0. The highest BCUT2D eigenvalue weighted by molar-refractivity contribution is 7.91. The molecule has 0 saturated carbocycles. The molecule has 0 aliphatic carbocycles. The molecule has 2 rings (SSSR count). The molecule has 2 aliphatic rings. The maximum atomic E-state index is 12.0. The minimum atomic E-state index is -2.92. The van der Waals surface area contributed by atoms with Crippen molar-refractivity contribution in [3.63, 3.8) is 0 Å². The Labute approximate surface area is 107 Å². The predicted octanol–water partition coefficient (Wildman–Crippen LogP) is -0.842. The third-order valence-electron chi connectivity index (χ3n) is 3.47. The van der Waals surface area contributed by atoms with Crippen LogP contribution in [-0.4, -0.2) is 55.8 Å². The molecule has 2 aliphatic heterocycles. The molecule has 0 aromatic carbocycles. The van der Waals surface area contributed by atoms with Crippen molar-refractivity contribution in [1.29, 1.82) is 0 Å². The Hall–Kier alpha value is -1.11. The second-order valence-corrected chi connectivity index (χ2v) is 7.32. The largest absolute Gasteiger partial charge is 0.345 e. The molecule has 2 heterocycles. The van der Waals surface area contributed by atoms with Gasteiger partial charge >= 0.3 is 0 Å². The van der Waals surface area contributed by atoms with Crippen LogP contribution in [0.2, 0.25) is 0 Å². The molecule has 1 N–H and O–H groups in total. The van der Waals surface area contributed by atoms with Crippen LogP contribution in [-0.2, 0) is 19.4 Å². The highest BCUT2D eigenvalue weighted by Crippen LogP contribution is 2.20. The van der Waals surface area contributed by atoms with Gasteiger partial charge in [-0.25, -0.2) is 8.42 Å². The second kappa shape index (κ2) is 4.87. The van der Waals surface area contributed by atoms with Crippen molar-refractivity contribution < 1.29 is 18.0 Å². The fourth-order valence-electron chi connectivity index (χ4n) is 2.50. The van der Waals surface area contributed by atoms with Gasteiger partial charge in [-0.15, -0.1) is 0 Å². The van der Waals surface area contributed by atoms with E-state index in [1.54, 1.807) is 11.8 Å². The van der Waals surface area contributed by atoms with Crippen LogP contribution < -0.4 is 5.32 Å². The highest BCUT2D eigenvalue weighted by atomic mass is 32.2. The smallest absolute Gasteiger partial charge is 0.244 e. The zero-order valence-electron chi connectivity index (χ0n) is 10.4. The average molecular weight is 274 g/mol. The lowest BCUT2D eigenvalue weighted by Gasteiger charge is -2.24. The van der Waals surface area contributed by atoms with E-state index >= 15 is 0 Å². The zero-order valence-corrected chi connectivity index (χ0v) is 11.2. The number of carbonyl (C=O) groups excluding carboxylic acids is 2. The number of sulfone groups is 1. The summed E-state index contributed by atoms with van der Waals surface area (Å²) in [6.07, 6.45) is 0.900. The van der Waals surface area contributed by atoms with E-state index in [0.29, 0.717) is 19.5 Å². The van der Waals surface area contributed by atoms with Crippen molar-refractivity contribution in [2.45, 2.75) is 25.8 Å². The molecular formula is C11H18N2O4S. The first kappa shape index (κ1) is 13.3. The standard InChI is InChI=1S/C11H18N2O4S/c1-8-11(15)13(4-2-10(14)12-8)6-9-3-5-18(16,17)7-9/h8-9H,2-7H2,1H3,(H,12,14). The molecule has 2 unspecified atom stereocenters. The summed E-state index contributed by atoms with van der Waals surface area (Å²) in [7, 11) is -2.92. The number of amides is 2. The van der Waals surface area contributed by atoms with Gasteiger partial charge in [0.15, 0.2) is 9.84 Å². The van der Waals surface area contributed by atoms with E-state index in [-0.39, 0.29) is 35.7 Å². The molecule has 0 aromatic rings. The van der Waals surface area contributed by atoms with Gasteiger partial charge in [-0.2, -0.15) is 0 Å². The molecule has 0 bridgehead atoms. The molecular weight excluding hydrogens is 256 g/mol. The highest BCUT2D eigenvalue weighted by Gasteiger charge is 2.33. The summed E-state index contributed by atoms with van der Waals surface area (Å²) in [5, 5.41) is 2.61. The Morgan fingerprint density at radius 1 is 1.39 bits per heavy atom. The van der Waals surface area contributed by atoms with E-state index in [1.165, 1.54) is 0 Å². The summed E-state index contributed by atoms with van der Waals surface area (Å²) in [4.78, 5) is 25.0. The second-order valence-electron chi connectivity index (χ2n) is 5.09. The first-order chi connectivity index (χ1) is 8.37. The Morgan fingerprint density at radius 2 is 2.11 bits per heavy atom. The first-order valence-corrected chi connectivity index (χ1v) is 7.98. The lowest BCUT2D eigenvalue weighted by Crippen LogP contribution is -2.44. The van der Waals surface area contributed by atoms with Gasteiger partial charge in [0.25, 0.3) is 0 Å². The average Bonchev–Trinajstić information content (AvgIpc) is 2.57. The Bertz CT molecular complexity index is 460. The minimum absolute atomic E-state index is 0.0133. The van der Waals surface area contributed by atoms with E-state index in [1.807, 2.05) is 0 Å². The van der Waals surface area contributed by atoms with Gasteiger partial charge in [0.2, 0.25) is 11.8 Å². The molecule has 2 amide bonds. The van der Waals surface area contributed by atoms with Crippen LogP contribution in [0, 0.1) is 5.92 Å². The number of nitrogens with one attached hydrogen (secondary N) is 1. The lowest BCUT2D eigenvalue weighted by atomic mass is 10.1. The van der Waals surface area contributed by atoms with Crippen LogP contribution in [0.15, 0.2) is 0 Å². The van der Waals surface area contributed by atoms with E-state index in [0.717, 1.165) is 0 Å². The maximum Gasteiger partial charge on any atom is 0.244 e. The van der Waals surface area contributed by atoms with Crippen molar-refractivity contribution in [2.75, 3.05) is 24.6 Å². The van der Waals surface area contributed by atoms with Crippen LogP contribution in [0.3, 0.4) is 0 Å². The summed E-state index contributed by atoms with van der Waals surface area (Å²) in [5.74, 6) is 0.140. The number of hydrogen-bond donors (Lipinski definition) is 1. The fraction of sp³-hybridized carbons (Fsp3) is 0.818. The van der Waals surface area contributed by atoms with Gasteiger partial charge in [0.05, 0.1) is 11.5 Å². The zero-order chi connectivity index (χ0) is 13.3. The maximum absolute atomic E-state index is 12.0. The summed E-state index contributed by atoms with van der Waals surface area (Å²) in [6, 6.07) is -0.516. The Kier molecular flexibility index (Phi) is 3.61. The van der Waals surface area contributed by atoms with Crippen LogP contribution in [0.25, 0.3) is 0 Å². The summed E-state index contributed by atoms with van der Waals surface area (Å²) in [6.45, 7) is 2.48. The van der Waals surface area contributed by atoms with Crippen LogP contribution in [0.5, 0.6) is 0 Å². The van der Waals surface area contributed by atoms with Gasteiger partial charge in [-0.3, -0.25) is 9.59 Å². The molecule has 6 nitrogen and oxygen atoms in total. The third-order valence-corrected chi connectivity index (χ3v) is 5.31. The van der Waals surface area contributed by atoms with Crippen LogP contribution in [0.4, 0.5) is 0 Å². The number of hydrogen-bond acceptors (Lipinski definition) is 4. The lowest BCUT2D eigenvalue weighted by molar-refractivity contribution is -0.133. The van der Waals surface area contributed by atoms with E-state index in [9.17, 15) is 18.0 Å². The molecule has 2 saturated heterocycles. The molecule has 7 heteroatoms. The van der Waals surface area contributed by atoms with Crippen LogP contribution in [0.1, 0.15) is 19.8 Å². The molecule has 18 heavy (non-hydrogen) atoms. The van der Waals surface area contributed by atoms with Gasteiger partial charge < -0.3 is 10.2 Å². The molecule has 102 valence electrons. The van der Waals surface area contributed by atoms with Gasteiger partial charge in [0, 0.05) is 19.5 Å². The number of carbonyl (C=O) groups is 2. The van der Waals surface area contributed by atoms with Gasteiger partial charge in [0.1, 0.15) is 6.04 Å². The molecule has 0 spiro atoms. The van der Waals surface area contributed by atoms with E-state index in [2.05, 4.69) is 5.32 Å². The van der Waals surface area contributed by atoms with Gasteiger partial charge in [-0.05, 0) is 19.3 Å². The van der Waals surface area contributed by atoms with Crippen molar-refractivity contribution in [1.82, 2.24) is 10.2 Å². The molecule has 0 radical (unpaired) electrons. The Morgan fingerprint density at radius 3 is 2.72 bits per heavy atom. The van der Waals surface area contributed by atoms with Crippen molar-refractivity contribution in [3.8, 4) is 0 Å². The third kappa shape index (κ3) is 3.01. The summed E-state index contributed by atoms with van der Waals surface area (Å²) >= 11 is 0. The number of rotatable bonds is 2. The molecule has 2 fully saturated rings. The van der Waals surface area contributed by atoms with Gasteiger partial charge in [-0.1, -0.05) is 0 Å². The van der Waals surface area contributed by atoms with E-state index < -0.39 is 15.9 Å². The monoisotopic (exact) mass is 274 g/mol. The quantitative estimate of drug-likeness (QED) is 0.711. The molecule has 2 atom stereocenters. The number of nitrogens with zero attached hydrogens (tertiary/aromatic N) is 1. The topological polar surface area (TPSA) is 83.6 Å². The molecule has 0 aromatic heterocycles. The summed E-state index contributed by atoms with van der Waals surface area (Å²) < 4.78 is 22.8. The minimum Gasteiger partial charge on any atom is -0.345 e. The van der Waals surface area contributed by atoms with Crippen molar-refractivity contribution >= 4 is 21.7 Å². The fourth-order valence-corrected chi connectivity index (χ4v) is 4.35. The predicted molar refractivity (Wildman–Crippen MR) is 65.6 cm³/mol. The van der Waals surface area contributed by atoms with Crippen molar-refractivity contribution in [3.05, 3.63) is 0 Å². The Balaban J connectivity index is 2.00. The normalized spacial score (nSPS) is 32.2. The van der Waals surface area contributed by atoms with Crippen molar-refractivity contribution in [2.24, 2.45) is 5.92 Å². The van der Waals surface area contributed by atoms with Crippen LogP contribution >= 0.6 is 0 Å². The first-order valence-electron chi connectivity index (χ1n) is 6.16. The SMILES string of the molecule is CC1NC(=O)CCN(CC2CCS(=O)(=O)C2)C1=O. The van der Waals surface area contributed by atoms with E-state index in [4.69, 9.17) is 0 Å².